The van der Waals surface area contributed by atoms with E-state index in [4.69, 9.17) is 5.73 Å². The van der Waals surface area contributed by atoms with Gasteiger partial charge in [0.1, 0.15) is 11.4 Å². The molecule has 0 aromatic carbocycles. The molecule has 0 aliphatic heterocycles. The lowest BCUT2D eigenvalue weighted by atomic mass is 10.2. The third kappa shape index (κ3) is 2.67. The van der Waals surface area contributed by atoms with Gasteiger partial charge in [0.2, 0.25) is 0 Å². The van der Waals surface area contributed by atoms with E-state index in [0.29, 0.717) is 5.69 Å². The van der Waals surface area contributed by atoms with Gasteiger partial charge in [0.25, 0.3) is 0 Å². The number of rotatable bonds is 2. The van der Waals surface area contributed by atoms with Gasteiger partial charge in [-0.25, -0.2) is 0 Å². The highest BCUT2D eigenvalue weighted by molar-refractivity contribution is 7.80. The van der Waals surface area contributed by atoms with Gasteiger partial charge in [-0.2, -0.15) is 5.10 Å². The van der Waals surface area contributed by atoms with Gasteiger partial charge in [-0.3, -0.25) is 10.4 Å². The van der Waals surface area contributed by atoms with Crippen LogP contribution in [0, 0.1) is 6.92 Å². The summed E-state index contributed by atoms with van der Waals surface area (Å²) in [6.07, 6.45) is 2.93. The largest absolute Gasteiger partial charge is 0.505 e. The number of hydrogen-bond acceptors (Lipinski definition) is 4. The molecule has 0 aliphatic rings. The predicted octanol–water partition coefficient (Wildman–Crippen LogP) is 0.263. The first-order valence-corrected chi connectivity index (χ1v) is 4.25. The summed E-state index contributed by atoms with van der Waals surface area (Å²) in [4.78, 5) is 3.91. The van der Waals surface area contributed by atoms with Gasteiger partial charge >= 0.3 is 0 Å². The van der Waals surface area contributed by atoms with Crippen LogP contribution >= 0.6 is 12.2 Å². The zero-order valence-corrected chi connectivity index (χ0v) is 8.38. The fourth-order valence-corrected chi connectivity index (χ4v) is 0.876. The Hall–Kier alpha value is -1.69. The number of pyridine rings is 1. The number of nitrogens with two attached hydrogens (primary N) is 1. The summed E-state index contributed by atoms with van der Waals surface area (Å²) in [5.41, 5.74) is 8.62. The number of nitrogens with one attached hydrogen (secondary N) is 1. The molecule has 5 nitrogen and oxygen atoms in total. The summed E-state index contributed by atoms with van der Waals surface area (Å²) in [7, 11) is 0. The van der Waals surface area contributed by atoms with E-state index >= 15 is 0 Å². The van der Waals surface area contributed by atoms with Crippen molar-refractivity contribution in [2.45, 2.75) is 6.92 Å². The predicted molar refractivity (Wildman–Crippen MR) is 58.2 cm³/mol. The molecule has 6 heteroatoms. The summed E-state index contributed by atoms with van der Waals surface area (Å²) in [6, 6.07) is 1.70. The molecule has 0 amide bonds. The SMILES string of the molecule is Cc1ccnc(C=NNC(N)=S)c1O. The Balaban J connectivity index is 2.81. The number of thiocarbonyl (C=S) groups is 1. The topological polar surface area (TPSA) is 83.5 Å². The van der Waals surface area contributed by atoms with Crippen LogP contribution in [0.3, 0.4) is 0 Å². The molecule has 74 valence electrons. The first kappa shape index (κ1) is 10.4. The molecule has 0 aliphatic carbocycles. The Labute approximate surface area is 86.7 Å². The number of hydrazone groups is 1. The zero-order chi connectivity index (χ0) is 10.6. The lowest BCUT2D eigenvalue weighted by Crippen LogP contribution is -2.24. The van der Waals surface area contributed by atoms with E-state index in [1.54, 1.807) is 19.2 Å². The average Bonchev–Trinajstić information content (AvgIpc) is 2.12. The molecule has 1 aromatic heterocycles. The number of aromatic nitrogens is 1. The Morgan fingerprint density at radius 2 is 2.50 bits per heavy atom. The molecule has 0 bridgehead atoms. The monoisotopic (exact) mass is 210 g/mol. The highest BCUT2D eigenvalue weighted by Crippen LogP contribution is 2.16. The fourth-order valence-electron chi connectivity index (χ4n) is 0.823. The minimum Gasteiger partial charge on any atom is -0.505 e. The van der Waals surface area contributed by atoms with Gasteiger partial charge in [0.05, 0.1) is 6.21 Å². The minimum absolute atomic E-state index is 0.0633. The van der Waals surface area contributed by atoms with Crippen molar-refractivity contribution >= 4 is 23.5 Å². The maximum absolute atomic E-state index is 9.52. The van der Waals surface area contributed by atoms with Gasteiger partial charge in [-0.15, -0.1) is 0 Å². The summed E-state index contributed by atoms with van der Waals surface area (Å²) >= 11 is 4.54. The van der Waals surface area contributed by atoms with Crippen molar-refractivity contribution in [2.24, 2.45) is 10.8 Å². The van der Waals surface area contributed by atoms with Crippen LogP contribution in [0.5, 0.6) is 5.75 Å². The molecule has 0 atom stereocenters. The van der Waals surface area contributed by atoms with Crippen LogP contribution < -0.4 is 11.2 Å². The molecule has 1 aromatic rings. The van der Waals surface area contributed by atoms with Crippen molar-refractivity contribution in [3.05, 3.63) is 23.5 Å². The summed E-state index contributed by atoms with van der Waals surface area (Å²) in [5, 5.41) is 13.3. The van der Waals surface area contributed by atoms with Gasteiger partial charge in [0, 0.05) is 6.20 Å². The summed E-state index contributed by atoms with van der Waals surface area (Å²) in [5.74, 6) is 0.0981. The van der Waals surface area contributed by atoms with Crippen LogP contribution in [0.4, 0.5) is 0 Å². The van der Waals surface area contributed by atoms with Crippen LogP contribution in [-0.2, 0) is 0 Å². The lowest BCUT2D eigenvalue weighted by Gasteiger charge is -2.00. The number of hydrogen-bond donors (Lipinski definition) is 3. The maximum Gasteiger partial charge on any atom is 0.184 e. The van der Waals surface area contributed by atoms with E-state index in [0.717, 1.165) is 5.56 Å². The standard InChI is InChI=1S/C8H10N4OS/c1-5-2-3-10-6(7(5)13)4-11-12-8(9)14/h2-4,13H,1H3,(H3,9,12,14). The van der Waals surface area contributed by atoms with Crippen LogP contribution in [0.2, 0.25) is 0 Å². The van der Waals surface area contributed by atoms with Crippen molar-refractivity contribution in [3.8, 4) is 5.75 Å². The molecular weight excluding hydrogens is 200 g/mol. The summed E-state index contributed by atoms with van der Waals surface area (Å²) < 4.78 is 0. The van der Waals surface area contributed by atoms with E-state index in [1.165, 1.54) is 6.21 Å². The van der Waals surface area contributed by atoms with Gasteiger partial charge in [-0.1, -0.05) is 0 Å². The van der Waals surface area contributed by atoms with Crippen molar-refractivity contribution in [2.75, 3.05) is 0 Å². The molecular formula is C8H10N4OS. The zero-order valence-electron chi connectivity index (χ0n) is 7.56. The average molecular weight is 210 g/mol. The Bertz CT molecular complexity index is 378. The summed E-state index contributed by atoms with van der Waals surface area (Å²) in [6.45, 7) is 1.77. The highest BCUT2D eigenvalue weighted by atomic mass is 32.1. The molecule has 0 saturated carbocycles. The Morgan fingerprint density at radius 3 is 3.14 bits per heavy atom. The Kier molecular flexibility index (Phi) is 3.35. The first-order chi connectivity index (χ1) is 6.61. The van der Waals surface area contributed by atoms with Crippen LogP contribution in [0.15, 0.2) is 17.4 Å². The Morgan fingerprint density at radius 1 is 1.79 bits per heavy atom. The molecule has 0 unspecified atom stereocenters. The van der Waals surface area contributed by atoms with Gasteiger partial charge < -0.3 is 10.8 Å². The molecule has 0 saturated heterocycles. The van der Waals surface area contributed by atoms with E-state index in [2.05, 4.69) is 27.7 Å². The van der Waals surface area contributed by atoms with Crippen molar-refractivity contribution in [1.29, 1.82) is 0 Å². The van der Waals surface area contributed by atoms with Crippen LogP contribution in [-0.4, -0.2) is 21.4 Å². The third-order valence-corrected chi connectivity index (χ3v) is 1.61. The molecule has 1 heterocycles. The quantitative estimate of drug-likeness (QED) is 0.370. The van der Waals surface area contributed by atoms with E-state index in [9.17, 15) is 5.11 Å². The molecule has 0 fully saturated rings. The van der Waals surface area contributed by atoms with Crippen molar-refractivity contribution in [3.63, 3.8) is 0 Å². The van der Waals surface area contributed by atoms with Crippen molar-refractivity contribution < 1.29 is 5.11 Å². The van der Waals surface area contributed by atoms with E-state index in [1.807, 2.05) is 0 Å². The van der Waals surface area contributed by atoms with Gasteiger partial charge in [0.15, 0.2) is 5.11 Å². The fraction of sp³-hybridized carbons (Fsp3) is 0.125. The van der Waals surface area contributed by atoms with Gasteiger partial charge in [-0.05, 0) is 30.8 Å². The highest BCUT2D eigenvalue weighted by Gasteiger charge is 2.01. The second-order valence-electron chi connectivity index (χ2n) is 2.60. The van der Waals surface area contributed by atoms with Crippen molar-refractivity contribution in [1.82, 2.24) is 10.4 Å². The molecule has 4 N–H and O–H groups in total. The molecule has 1 rings (SSSR count). The van der Waals surface area contributed by atoms with Crippen LogP contribution in [0.1, 0.15) is 11.3 Å². The first-order valence-electron chi connectivity index (χ1n) is 3.84. The minimum atomic E-state index is 0.0633. The second kappa shape index (κ2) is 4.52. The number of aromatic hydroxyl groups is 1. The molecule has 0 spiro atoms. The molecule has 0 radical (unpaired) electrons. The number of aryl methyl sites for hydroxylation is 1. The number of nitrogens with zero attached hydrogens (tertiary/aromatic N) is 2. The van der Waals surface area contributed by atoms with E-state index in [-0.39, 0.29) is 10.9 Å². The normalized spacial score (nSPS) is 10.4. The van der Waals surface area contributed by atoms with Crippen LogP contribution in [0.25, 0.3) is 0 Å². The molecule has 14 heavy (non-hydrogen) atoms. The second-order valence-corrected chi connectivity index (χ2v) is 3.04. The maximum atomic E-state index is 9.52. The third-order valence-electron chi connectivity index (χ3n) is 1.52. The smallest absolute Gasteiger partial charge is 0.184 e. The lowest BCUT2D eigenvalue weighted by molar-refractivity contribution is 0.467. The van der Waals surface area contributed by atoms with E-state index < -0.39 is 0 Å².